The van der Waals surface area contributed by atoms with Gasteiger partial charge in [0.1, 0.15) is 16.9 Å². The number of benzene rings is 3. The van der Waals surface area contributed by atoms with Crippen molar-refractivity contribution in [3.8, 4) is 0 Å². The van der Waals surface area contributed by atoms with Gasteiger partial charge in [-0.1, -0.05) is 54.1 Å². The number of hydrogen-bond donors (Lipinski definition) is 2. The second kappa shape index (κ2) is 8.13. The molecule has 5 aromatic rings. The predicted octanol–water partition coefficient (Wildman–Crippen LogP) is 4.95. The number of amides is 1. The Kier molecular flexibility index (Phi) is 5.01. The lowest BCUT2D eigenvalue weighted by atomic mass is 10.2. The molecule has 2 heterocycles. The number of halogens is 1. The third kappa shape index (κ3) is 3.66. The molecule has 7 nitrogen and oxygen atoms in total. The maximum atomic E-state index is 13.2. The van der Waals surface area contributed by atoms with Crippen LogP contribution in [0, 0.1) is 0 Å². The summed E-state index contributed by atoms with van der Waals surface area (Å²) in [5.41, 5.74) is 10.1. The molecule has 1 amide bonds. The number of para-hydroxylation sites is 3. The summed E-state index contributed by atoms with van der Waals surface area (Å²) < 4.78 is 1.43. The van der Waals surface area contributed by atoms with Crippen molar-refractivity contribution in [3.63, 3.8) is 0 Å². The maximum absolute atomic E-state index is 13.2. The number of carbonyl (C=O) groups is 1. The van der Waals surface area contributed by atoms with Gasteiger partial charge in [-0.15, -0.1) is 0 Å². The van der Waals surface area contributed by atoms with E-state index in [0.717, 1.165) is 5.56 Å². The van der Waals surface area contributed by atoms with E-state index >= 15 is 0 Å². The van der Waals surface area contributed by atoms with Gasteiger partial charge in [0, 0.05) is 10.7 Å². The summed E-state index contributed by atoms with van der Waals surface area (Å²) >= 11 is 6.07. The van der Waals surface area contributed by atoms with Gasteiger partial charge < -0.3 is 11.1 Å². The Balaban J connectivity index is 1.68. The summed E-state index contributed by atoms with van der Waals surface area (Å²) in [6, 6.07) is 23.8. The van der Waals surface area contributed by atoms with Crippen molar-refractivity contribution in [2.24, 2.45) is 5.10 Å². The van der Waals surface area contributed by atoms with Gasteiger partial charge in [-0.3, -0.25) is 4.79 Å². The average Bonchev–Trinajstić information content (AvgIpc) is 3.07. The highest BCUT2D eigenvalue weighted by molar-refractivity contribution is 6.30. The van der Waals surface area contributed by atoms with Crippen LogP contribution in [0.5, 0.6) is 0 Å². The number of aromatic nitrogens is 3. The lowest BCUT2D eigenvalue weighted by Crippen LogP contribution is -2.14. The van der Waals surface area contributed by atoms with Gasteiger partial charge in [-0.05, 0) is 42.0 Å². The van der Waals surface area contributed by atoms with Crippen LogP contribution in [0.1, 0.15) is 15.9 Å². The van der Waals surface area contributed by atoms with Gasteiger partial charge in [0.2, 0.25) is 0 Å². The summed E-state index contributed by atoms with van der Waals surface area (Å²) in [7, 11) is 0. The second-order valence-electron chi connectivity index (χ2n) is 7.08. The fourth-order valence-corrected chi connectivity index (χ4v) is 3.61. The molecule has 0 radical (unpaired) electrons. The maximum Gasteiger partial charge on any atom is 0.261 e. The third-order valence-electron chi connectivity index (χ3n) is 4.90. The van der Waals surface area contributed by atoms with Crippen LogP contribution in [0.15, 0.2) is 84.0 Å². The Morgan fingerprint density at radius 2 is 1.69 bits per heavy atom. The molecule has 3 aromatic carbocycles. The molecule has 0 saturated heterocycles. The minimum absolute atomic E-state index is 0.141. The monoisotopic (exact) mass is 440 g/mol. The smallest absolute Gasteiger partial charge is 0.261 e. The molecule has 0 unspecified atom stereocenters. The van der Waals surface area contributed by atoms with Crippen LogP contribution in [0.4, 0.5) is 11.5 Å². The Morgan fingerprint density at radius 3 is 2.44 bits per heavy atom. The van der Waals surface area contributed by atoms with Crippen molar-refractivity contribution < 1.29 is 4.79 Å². The number of nitrogen functional groups attached to an aromatic ring is 1. The van der Waals surface area contributed by atoms with E-state index in [1.165, 1.54) is 4.68 Å². The van der Waals surface area contributed by atoms with E-state index in [4.69, 9.17) is 17.3 Å². The van der Waals surface area contributed by atoms with E-state index in [-0.39, 0.29) is 17.3 Å². The minimum atomic E-state index is -0.389. The van der Waals surface area contributed by atoms with Crippen LogP contribution in [0.3, 0.4) is 0 Å². The summed E-state index contributed by atoms with van der Waals surface area (Å²) in [5, 5.41) is 7.94. The number of carbonyl (C=O) groups excluding carboxylic acids is 1. The van der Waals surface area contributed by atoms with Gasteiger partial charge in [0.15, 0.2) is 5.65 Å². The van der Waals surface area contributed by atoms with Gasteiger partial charge >= 0.3 is 0 Å². The second-order valence-corrected chi connectivity index (χ2v) is 7.51. The molecule has 8 heteroatoms. The van der Waals surface area contributed by atoms with Crippen molar-refractivity contribution in [3.05, 3.63) is 95.0 Å². The highest BCUT2D eigenvalue weighted by atomic mass is 35.5. The normalized spacial score (nSPS) is 11.4. The van der Waals surface area contributed by atoms with Crippen LogP contribution < -0.4 is 11.1 Å². The molecular formula is C24H17ClN6O. The number of nitrogens with one attached hydrogen (secondary N) is 1. The molecule has 2 aromatic heterocycles. The number of nitrogens with zero attached hydrogens (tertiary/aromatic N) is 4. The Hall–Kier alpha value is -4.23. The molecule has 0 aliphatic heterocycles. The first-order valence-electron chi connectivity index (χ1n) is 9.83. The quantitative estimate of drug-likeness (QED) is 0.386. The van der Waals surface area contributed by atoms with Gasteiger partial charge in [-0.2, -0.15) is 9.78 Å². The van der Waals surface area contributed by atoms with Crippen LogP contribution >= 0.6 is 11.6 Å². The van der Waals surface area contributed by atoms with Crippen LogP contribution in [-0.4, -0.2) is 26.8 Å². The SMILES string of the molecule is Nc1c(C(=O)Nc2ccccc2)c2nc3ccccc3nc2n1/N=C/c1cccc(Cl)c1. The fourth-order valence-electron chi connectivity index (χ4n) is 3.41. The highest BCUT2D eigenvalue weighted by Gasteiger charge is 2.24. The van der Waals surface area contributed by atoms with E-state index < -0.39 is 0 Å². The Labute approximate surface area is 188 Å². The van der Waals surface area contributed by atoms with E-state index in [1.54, 1.807) is 30.5 Å². The van der Waals surface area contributed by atoms with Gasteiger partial charge in [-0.25, -0.2) is 9.97 Å². The number of anilines is 2. The van der Waals surface area contributed by atoms with Gasteiger partial charge in [0.05, 0.1) is 17.2 Å². The van der Waals surface area contributed by atoms with E-state index in [1.807, 2.05) is 54.6 Å². The number of hydrogen-bond acceptors (Lipinski definition) is 5. The molecule has 3 N–H and O–H groups in total. The topological polar surface area (TPSA) is 98.2 Å². The standard InChI is InChI=1S/C24H17ClN6O/c25-16-8-6-7-15(13-16)14-27-31-22(26)20(24(32)28-17-9-2-1-3-10-17)21-23(31)30-19-12-5-4-11-18(19)29-21/h1-14H,26H2,(H,28,32)/b27-14+. The van der Waals surface area contributed by atoms with Gasteiger partial charge in [0.25, 0.3) is 5.91 Å². The summed E-state index contributed by atoms with van der Waals surface area (Å²) in [4.78, 5) is 22.5. The zero-order valence-corrected chi connectivity index (χ0v) is 17.5. The molecule has 0 spiro atoms. The highest BCUT2D eigenvalue weighted by Crippen LogP contribution is 2.28. The van der Waals surface area contributed by atoms with Crippen LogP contribution in [-0.2, 0) is 0 Å². The summed E-state index contributed by atoms with van der Waals surface area (Å²) in [5.74, 6) is -0.248. The zero-order valence-electron chi connectivity index (χ0n) is 16.7. The van der Waals surface area contributed by atoms with Crippen molar-refractivity contribution in [1.82, 2.24) is 14.6 Å². The molecule has 0 fully saturated rings. The molecule has 32 heavy (non-hydrogen) atoms. The largest absolute Gasteiger partial charge is 0.383 e. The van der Waals surface area contributed by atoms with Crippen molar-refractivity contribution in [2.75, 3.05) is 11.1 Å². The first-order valence-corrected chi connectivity index (χ1v) is 10.2. The lowest BCUT2D eigenvalue weighted by molar-refractivity contribution is 0.102. The average molecular weight is 441 g/mol. The van der Waals surface area contributed by atoms with Crippen molar-refractivity contribution >= 4 is 57.4 Å². The molecule has 0 atom stereocenters. The van der Waals surface area contributed by atoms with Crippen molar-refractivity contribution in [2.45, 2.75) is 0 Å². The molecular weight excluding hydrogens is 424 g/mol. The lowest BCUT2D eigenvalue weighted by Gasteiger charge is -2.05. The molecule has 0 saturated carbocycles. The molecule has 0 aliphatic carbocycles. The van der Waals surface area contributed by atoms with Crippen LogP contribution in [0.25, 0.3) is 22.2 Å². The number of nitrogens with two attached hydrogens (primary N) is 1. The molecule has 0 bridgehead atoms. The number of fused-ring (bicyclic) bond motifs is 2. The zero-order chi connectivity index (χ0) is 22.1. The van der Waals surface area contributed by atoms with Crippen LogP contribution in [0.2, 0.25) is 5.02 Å². The minimum Gasteiger partial charge on any atom is -0.383 e. The molecule has 156 valence electrons. The van der Waals surface area contributed by atoms with E-state index in [2.05, 4.69) is 20.4 Å². The van der Waals surface area contributed by atoms with E-state index in [9.17, 15) is 4.79 Å². The Morgan fingerprint density at radius 1 is 0.969 bits per heavy atom. The third-order valence-corrected chi connectivity index (χ3v) is 5.14. The first-order chi connectivity index (χ1) is 15.6. The Bertz CT molecular complexity index is 1490. The molecule has 5 rings (SSSR count). The van der Waals surface area contributed by atoms with E-state index in [0.29, 0.717) is 32.9 Å². The van der Waals surface area contributed by atoms with Crippen molar-refractivity contribution in [1.29, 1.82) is 0 Å². The molecule has 0 aliphatic rings. The predicted molar refractivity (Wildman–Crippen MR) is 128 cm³/mol. The first kappa shape index (κ1) is 19.7. The number of rotatable bonds is 4. The summed E-state index contributed by atoms with van der Waals surface area (Å²) in [6.07, 6.45) is 1.61. The summed E-state index contributed by atoms with van der Waals surface area (Å²) in [6.45, 7) is 0. The fraction of sp³-hybridized carbons (Fsp3) is 0.